The van der Waals surface area contributed by atoms with Gasteiger partial charge in [0.05, 0.1) is 16.2 Å². The predicted molar refractivity (Wildman–Crippen MR) is 119 cm³/mol. The van der Waals surface area contributed by atoms with Crippen molar-refractivity contribution in [2.24, 2.45) is 5.14 Å². The highest BCUT2D eigenvalue weighted by molar-refractivity contribution is 7.89. The number of sulfonamides is 1. The van der Waals surface area contributed by atoms with E-state index in [0.717, 1.165) is 30.6 Å². The third-order valence-corrected chi connectivity index (χ3v) is 6.30. The Labute approximate surface area is 208 Å². The van der Waals surface area contributed by atoms with Crippen LogP contribution in [0, 0.1) is 0 Å². The van der Waals surface area contributed by atoms with Crippen molar-refractivity contribution in [3.63, 3.8) is 0 Å². The molecule has 0 unspecified atom stereocenters. The van der Waals surface area contributed by atoms with Crippen LogP contribution in [-0.4, -0.2) is 32.9 Å². The minimum atomic E-state index is -4.87. The van der Waals surface area contributed by atoms with Crippen LogP contribution < -0.4 is 5.14 Å². The van der Waals surface area contributed by atoms with Crippen molar-refractivity contribution in [2.45, 2.75) is 17.2 Å². The van der Waals surface area contributed by atoms with E-state index < -0.39 is 33.6 Å². The average molecular weight is 554 g/mol. The second kappa shape index (κ2) is 8.63. The first-order chi connectivity index (χ1) is 17.7. The van der Waals surface area contributed by atoms with E-state index in [1.165, 1.54) is 24.3 Å². The van der Waals surface area contributed by atoms with Gasteiger partial charge < -0.3 is 4.52 Å². The minimum absolute atomic E-state index is 0.00176. The molecular formula is C22H12F6N6O3S. The molecule has 5 rings (SSSR count). The molecule has 0 saturated carbocycles. The second-order valence-electron chi connectivity index (χ2n) is 7.88. The van der Waals surface area contributed by atoms with Gasteiger partial charge in [0.1, 0.15) is 12.0 Å². The Morgan fingerprint density at radius 2 is 1.47 bits per heavy atom. The number of fused-ring (bicyclic) bond motifs is 1. The molecule has 9 nitrogen and oxygen atoms in total. The monoisotopic (exact) mass is 554 g/mol. The molecule has 16 heteroatoms. The molecule has 2 aromatic carbocycles. The van der Waals surface area contributed by atoms with E-state index in [0.29, 0.717) is 10.5 Å². The molecule has 0 radical (unpaired) electrons. The zero-order valence-electron chi connectivity index (χ0n) is 18.5. The van der Waals surface area contributed by atoms with Crippen molar-refractivity contribution in [3.05, 3.63) is 72.2 Å². The highest BCUT2D eigenvalue weighted by Crippen LogP contribution is 2.36. The fraction of sp³-hybridized carbons (Fsp3) is 0.0909. The number of primary sulfonamides is 1. The molecule has 196 valence electrons. The zero-order chi connectivity index (χ0) is 27.5. The lowest BCUT2D eigenvalue weighted by Crippen LogP contribution is -2.12. The molecule has 2 N–H and O–H groups in total. The van der Waals surface area contributed by atoms with Gasteiger partial charge in [0, 0.05) is 11.1 Å². The lowest BCUT2D eigenvalue weighted by molar-refractivity contribution is -0.142. The average Bonchev–Trinajstić information content (AvgIpc) is 3.49. The molecule has 0 amide bonds. The first-order valence-corrected chi connectivity index (χ1v) is 11.9. The largest absolute Gasteiger partial charge is 0.431 e. The molecule has 0 spiro atoms. The summed E-state index contributed by atoms with van der Waals surface area (Å²) >= 11 is 0. The van der Waals surface area contributed by atoms with E-state index in [9.17, 15) is 34.8 Å². The third-order valence-electron chi connectivity index (χ3n) is 5.37. The fourth-order valence-corrected chi connectivity index (χ4v) is 4.06. The van der Waals surface area contributed by atoms with Crippen LogP contribution in [0.3, 0.4) is 0 Å². The number of aromatic nitrogens is 5. The highest BCUT2D eigenvalue weighted by Gasteiger charge is 2.36. The molecule has 3 aromatic heterocycles. The van der Waals surface area contributed by atoms with E-state index in [1.54, 1.807) is 0 Å². The van der Waals surface area contributed by atoms with Crippen molar-refractivity contribution in [3.8, 4) is 34.2 Å². The lowest BCUT2D eigenvalue weighted by Gasteiger charge is -2.12. The van der Waals surface area contributed by atoms with Crippen molar-refractivity contribution >= 4 is 15.7 Å². The molecule has 5 aromatic rings. The highest BCUT2D eigenvalue weighted by atomic mass is 32.2. The topological polar surface area (TPSA) is 129 Å². The van der Waals surface area contributed by atoms with Gasteiger partial charge in [0.2, 0.25) is 15.8 Å². The number of imidazole rings is 1. The maximum atomic E-state index is 13.9. The number of nitrogens with two attached hydrogens (primary N) is 1. The predicted octanol–water partition coefficient (Wildman–Crippen LogP) is 4.80. The molecule has 0 saturated heterocycles. The second-order valence-corrected chi connectivity index (χ2v) is 9.44. The van der Waals surface area contributed by atoms with Gasteiger partial charge in [-0.25, -0.2) is 23.5 Å². The number of alkyl halides is 6. The van der Waals surface area contributed by atoms with Crippen molar-refractivity contribution in [2.75, 3.05) is 0 Å². The van der Waals surface area contributed by atoms with Crippen LogP contribution in [0.2, 0.25) is 0 Å². The quantitative estimate of drug-likeness (QED) is 0.316. The molecule has 0 aliphatic carbocycles. The van der Waals surface area contributed by atoms with Crippen LogP contribution in [0.1, 0.15) is 11.3 Å². The zero-order valence-corrected chi connectivity index (χ0v) is 19.3. The van der Waals surface area contributed by atoms with Crippen LogP contribution in [0.25, 0.3) is 39.9 Å². The SMILES string of the molecule is NS(=O)(=O)c1ccc(-c2nc(-c3ncn4c(C(F)(F)F)cc(-c5ccc(C(F)(F)F)cc5)nc34)no2)cc1. The summed E-state index contributed by atoms with van der Waals surface area (Å²) < 4.78 is 109. The fourth-order valence-electron chi connectivity index (χ4n) is 3.55. The minimum Gasteiger partial charge on any atom is -0.334 e. The van der Waals surface area contributed by atoms with Crippen molar-refractivity contribution in [1.82, 2.24) is 24.5 Å². The number of halogens is 6. The van der Waals surface area contributed by atoms with Crippen LogP contribution in [0.15, 0.2) is 70.3 Å². The van der Waals surface area contributed by atoms with Gasteiger partial charge in [-0.15, -0.1) is 0 Å². The number of hydrogen-bond donors (Lipinski definition) is 1. The Kier molecular flexibility index (Phi) is 5.75. The van der Waals surface area contributed by atoms with Gasteiger partial charge in [-0.1, -0.05) is 17.3 Å². The van der Waals surface area contributed by atoms with Crippen LogP contribution >= 0.6 is 0 Å². The van der Waals surface area contributed by atoms with E-state index in [1.807, 2.05) is 0 Å². The maximum Gasteiger partial charge on any atom is 0.431 e. The molecule has 0 atom stereocenters. The van der Waals surface area contributed by atoms with E-state index in [4.69, 9.17) is 9.66 Å². The standard InChI is InChI=1S/C22H12F6N6O3S/c23-21(24,25)13-5-1-11(2-6-13)15-9-16(22(26,27)28)34-10-30-17(19(34)31-15)18-32-20(37-33-18)12-3-7-14(8-4-12)38(29,35)36/h1-10H,(H2,29,35,36). The van der Waals surface area contributed by atoms with E-state index in [-0.39, 0.29) is 44.8 Å². The lowest BCUT2D eigenvalue weighted by atomic mass is 10.1. The van der Waals surface area contributed by atoms with E-state index >= 15 is 0 Å². The summed E-state index contributed by atoms with van der Waals surface area (Å²) in [6, 6.07) is 9.26. The summed E-state index contributed by atoms with van der Waals surface area (Å²) in [5, 5.41) is 8.80. The molecule has 0 bridgehead atoms. The third kappa shape index (κ3) is 4.70. The van der Waals surface area contributed by atoms with Gasteiger partial charge in [-0.2, -0.15) is 31.3 Å². The molecular weight excluding hydrogens is 542 g/mol. The van der Waals surface area contributed by atoms with Gasteiger partial charge in [0.15, 0.2) is 11.3 Å². The number of hydrogen-bond acceptors (Lipinski definition) is 7. The van der Waals surface area contributed by atoms with Gasteiger partial charge in [-0.05, 0) is 42.5 Å². The summed E-state index contributed by atoms with van der Waals surface area (Å²) in [5.41, 5.74) is -2.65. The van der Waals surface area contributed by atoms with Gasteiger partial charge >= 0.3 is 12.4 Å². The Morgan fingerprint density at radius 1 is 0.842 bits per heavy atom. The Bertz CT molecular complexity index is 1760. The normalized spacial score (nSPS) is 12.8. The number of benzene rings is 2. The molecule has 0 aliphatic rings. The van der Waals surface area contributed by atoms with Gasteiger partial charge in [-0.3, -0.25) is 4.40 Å². The number of rotatable bonds is 4. The smallest absolute Gasteiger partial charge is 0.334 e. The van der Waals surface area contributed by atoms with Crippen molar-refractivity contribution in [1.29, 1.82) is 0 Å². The maximum absolute atomic E-state index is 13.9. The van der Waals surface area contributed by atoms with Crippen molar-refractivity contribution < 1.29 is 39.3 Å². The number of nitrogens with zero attached hydrogens (tertiary/aromatic N) is 5. The summed E-state index contributed by atoms with van der Waals surface area (Å²) in [6.07, 6.45) is -8.64. The molecule has 3 heterocycles. The van der Waals surface area contributed by atoms with Crippen LogP contribution in [0.5, 0.6) is 0 Å². The van der Waals surface area contributed by atoms with Gasteiger partial charge in [0.25, 0.3) is 5.89 Å². The first-order valence-electron chi connectivity index (χ1n) is 10.3. The van der Waals surface area contributed by atoms with Crippen LogP contribution in [0.4, 0.5) is 26.3 Å². The van der Waals surface area contributed by atoms with Crippen LogP contribution in [-0.2, 0) is 22.4 Å². The van der Waals surface area contributed by atoms with E-state index in [2.05, 4.69) is 20.1 Å². The molecule has 0 aliphatic heterocycles. The first kappa shape index (κ1) is 25.3. The molecule has 0 fully saturated rings. The molecule has 38 heavy (non-hydrogen) atoms. The summed E-state index contributed by atoms with van der Waals surface area (Å²) in [6.45, 7) is 0. The summed E-state index contributed by atoms with van der Waals surface area (Å²) in [5.74, 6) is -0.333. The Morgan fingerprint density at radius 3 is 2.05 bits per heavy atom. The summed E-state index contributed by atoms with van der Waals surface area (Å²) in [7, 11) is -3.94. The Balaban J connectivity index is 1.60. The Hall–Kier alpha value is -4.31. The summed E-state index contributed by atoms with van der Waals surface area (Å²) in [4.78, 5) is 12.1.